The van der Waals surface area contributed by atoms with Crippen LogP contribution in [0, 0.1) is 0 Å². The van der Waals surface area contributed by atoms with Crippen LogP contribution in [0.1, 0.15) is 16.1 Å². The number of halogens is 2. The lowest BCUT2D eigenvalue weighted by atomic mass is 10.3. The average molecular weight is 347 g/mol. The fourth-order valence-electron chi connectivity index (χ4n) is 1.40. The maximum Gasteiger partial charge on any atom is 0.274 e. The smallest absolute Gasteiger partial charge is 0.274 e. The molecule has 0 atom stereocenters. The second-order valence-corrected chi connectivity index (χ2v) is 6.34. The van der Waals surface area contributed by atoms with Crippen molar-refractivity contribution < 1.29 is 4.79 Å². The summed E-state index contributed by atoms with van der Waals surface area (Å²) >= 11 is 10.6. The summed E-state index contributed by atoms with van der Waals surface area (Å²) < 4.78 is 1.05. The molecule has 0 radical (unpaired) electrons. The van der Waals surface area contributed by atoms with Gasteiger partial charge in [0.05, 0.1) is 3.79 Å². The Morgan fingerprint density at radius 2 is 2.28 bits per heavy atom. The highest BCUT2D eigenvalue weighted by Crippen LogP contribution is 2.21. The minimum absolute atomic E-state index is 0.179. The zero-order valence-electron chi connectivity index (χ0n) is 9.43. The highest BCUT2D eigenvalue weighted by Gasteiger charge is 2.14. The second kappa shape index (κ2) is 5.77. The third-order valence-corrected chi connectivity index (χ3v) is 3.99. The maximum atomic E-state index is 12.0. The fourth-order valence-corrected chi connectivity index (χ4v) is 2.70. The molecule has 94 valence electrons. The summed E-state index contributed by atoms with van der Waals surface area (Å²) in [6.07, 6.45) is 0. The average Bonchev–Trinajstić information content (AvgIpc) is 2.75. The van der Waals surface area contributed by atoms with Crippen molar-refractivity contribution >= 4 is 44.8 Å². The lowest BCUT2D eigenvalue weighted by Gasteiger charge is -2.15. The Kier molecular flexibility index (Phi) is 4.31. The third kappa shape index (κ3) is 3.28. The summed E-state index contributed by atoms with van der Waals surface area (Å²) in [4.78, 5) is 13.6. The van der Waals surface area contributed by atoms with Crippen LogP contribution in [0.5, 0.6) is 0 Å². The van der Waals surface area contributed by atoms with Gasteiger partial charge in [-0.3, -0.25) is 4.79 Å². The summed E-state index contributed by atoms with van der Waals surface area (Å²) in [5, 5.41) is 9.70. The van der Waals surface area contributed by atoms with E-state index in [2.05, 4.69) is 26.1 Å². The Labute approximate surface area is 122 Å². The Morgan fingerprint density at radius 3 is 2.83 bits per heavy atom. The molecule has 1 amide bonds. The van der Waals surface area contributed by atoms with Crippen molar-refractivity contribution in [1.29, 1.82) is 0 Å². The second-order valence-electron chi connectivity index (χ2n) is 3.66. The molecule has 2 heterocycles. The Balaban J connectivity index is 2.07. The van der Waals surface area contributed by atoms with Gasteiger partial charge in [0, 0.05) is 13.6 Å². The first-order valence-electron chi connectivity index (χ1n) is 5.04. The molecule has 18 heavy (non-hydrogen) atoms. The van der Waals surface area contributed by atoms with Gasteiger partial charge in [-0.1, -0.05) is 11.6 Å². The van der Waals surface area contributed by atoms with Gasteiger partial charge in [-0.25, -0.2) is 0 Å². The quantitative estimate of drug-likeness (QED) is 0.857. The van der Waals surface area contributed by atoms with Gasteiger partial charge in [-0.15, -0.1) is 21.5 Å². The molecule has 2 aromatic heterocycles. The van der Waals surface area contributed by atoms with Crippen LogP contribution in [-0.4, -0.2) is 28.1 Å². The highest BCUT2D eigenvalue weighted by molar-refractivity contribution is 9.11. The predicted octanol–water partition coefficient (Wildman–Crippen LogP) is 3.23. The molecule has 0 N–H and O–H groups in total. The molecule has 7 heteroatoms. The summed E-state index contributed by atoms with van der Waals surface area (Å²) in [6, 6.07) is 5.11. The molecule has 0 saturated carbocycles. The van der Waals surface area contributed by atoms with Crippen molar-refractivity contribution in [2.45, 2.75) is 6.54 Å². The van der Waals surface area contributed by atoms with E-state index in [1.54, 1.807) is 35.4 Å². The molecule has 0 spiro atoms. The maximum absolute atomic E-state index is 12.0. The SMILES string of the molecule is CN(Cc1csc(Br)c1)C(=O)c1ccc(Cl)nn1. The summed E-state index contributed by atoms with van der Waals surface area (Å²) in [7, 11) is 1.73. The van der Waals surface area contributed by atoms with Gasteiger partial charge in [0.2, 0.25) is 0 Å². The highest BCUT2D eigenvalue weighted by atomic mass is 79.9. The van der Waals surface area contributed by atoms with Crippen molar-refractivity contribution in [3.63, 3.8) is 0 Å². The molecule has 0 saturated heterocycles. The van der Waals surface area contributed by atoms with E-state index in [1.165, 1.54) is 0 Å². The Bertz CT molecular complexity index is 558. The van der Waals surface area contributed by atoms with Crippen LogP contribution in [0.2, 0.25) is 5.15 Å². The van der Waals surface area contributed by atoms with Crippen molar-refractivity contribution in [1.82, 2.24) is 15.1 Å². The molecule has 4 nitrogen and oxygen atoms in total. The van der Waals surface area contributed by atoms with Crippen LogP contribution in [0.4, 0.5) is 0 Å². The number of carbonyl (C=O) groups excluding carboxylic acids is 1. The van der Waals surface area contributed by atoms with Gasteiger partial charge >= 0.3 is 0 Å². The van der Waals surface area contributed by atoms with Crippen molar-refractivity contribution in [3.8, 4) is 0 Å². The van der Waals surface area contributed by atoms with E-state index in [4.69, 9.17) is 11.6 Å². The molecular formula is C11H9BrClN3OS. The molecule has 0 unspecified atom stereocenters. The van der Waals surface area contributed by atoms with Crippen LogP contribution < -0.4 is 0 Å². The van der Waals surface area contributed by atoms with Crippen LogP contribution in [0.3, 0.4) is 0 Å². The van der Waals surface area contributed by atoms with Gasteiger partial charge in [0.15, 0.2) is 10.8 Å². The van der Waals surface area contributed by atoms with Gasteiger partial charge in [-0.2, -0.15) is 0 Å². The van der Waals surface area contributed by atoms with Crippen molar-refractivity contribution in [3.05, 3.63) is 43.8 Å². The monoisotopic (exact) mass is 345 g/mol. The molecule has 2 aromatic rings. The number of aromatic nitrogens is 2. The molecule has 0 aliphatic carbocycles. The zero-order chi connectivity index (χ0) is 13.1. The topological polar surface area (TPSA) is 46.1 Å². The minimum Gasteiger partial charge on any atom is -0.336 e. The molecule has 0 aromatic carbocycles. The molecule has 0 fully saturated rings. The van der Waals surface area contributed by atoms with E-state index >= 15 is 0 Å². The third-order valence-electron chi connectivity index (χ3n) is 2.24. The van der Waals surface area contributed by atoms with Crippen LogP contribution in [0.15, 0.2) is 27.4 Å². The Hall–Kier alpha value is -0.980. The van der Waals surface area contributed by atoms with E-state index < -0.39 is 0 Å². The molecule has 0 bridgehead atoms. The van der Waals surface area contributed by atoms with Gasteiger partial charge in [0.25, 0.3) is 5.91 Å². The van der Waals surface area contributed by atoms with E-state index in [1.807, 2.05) is 11.4 Å². The summed E-state index contributed by atoms with van der Waals surface area (Å²) in [5.74, 6) is -0.179. The van der Waals surface area contributed by atoms with E-state index in [9.17, 15) is 4.79 Å². The van der Waals surface area contributed by atoms with Crippen LogP contribution in [0.25, 0.3) is 0 Å². The molecule has 2 rings (SSSR count). The lowest BCUT2D eigenvalue weighted by molar-refractivity contribution is 0.0778. The number of hydrogen-bond acceptors (Lipinski definition) is 4. The predicted molar refractivity (Wildman–Crippen MR) is 74.9 cm³/mol. The standard InChI is InChI=1S/C11H9BrClN3OS/c1-16(5-7-4-9(12)18-6-7)11(17)8-2-3-10(13)15-14-8/h2-4,6H,5H2,1H3. The normalized spacial score (nSPS) is 10.4. The number of carbonyl (C=O) groups is 1. The van der Waals surface area contributed by atoms with Crippen molar-refractivity contribution in [2.24, 2.45) is 0 Å². The van der Waals surface area contributed by atoms with Gasteiger partial charge < -0.3 is 4.90 Å². The zero-order valence-corrected chi connectivity index (χ0v) is 12.6. The summed E-state index contributed by atoms with van der Waals surface area (Å²) in [6.45, 7) is 0.533. The van der Waals surface area contributed by atoms with E-state index in [0.717, 1.165) is 9.35 Å². The largest absolute Gasteiger partial charge is 0.336 e. The van der Waals surface area contributed by atoms with E-state index in [0.29, 0.717) is 6.54 Å². The number of thiophene rings is 1. The number of nitrogens with zero attached hydrogens (tertiary/aromatic N) is 3. The number of amides is 1. The first-order valence-corrected chi connectivity index (χ1v) is 7.09. The van der Waals surface area contributed by atoms with Crippen LogP contribution >= 0.6 is 38.9 Å². The van der Waals surface area contributed by atoms with Gasteiger partial charge in [-0.05, 0) is 45.1 Å². The van der Waals surface area contributed by atoms with E-state index in [-0.39, 0.29) is 16.8 Å². The first-order chi connectivity index (χ1) is 8.56. The fraction of sp³-hybridized carbons (Fsp3) is 0.182. The molecule has 0 aliphatic rings. The summed E-state index contributed by atoms with van der Waals surface area (Å²) in [5.41, 5.74) is 1.36. The Morgan fingerprint density at radius 1 is 1.50 bits per heavy atom. The van der Waals surface area contributed by atoms with Crippen molar-refractivity contribution in [2.75, 3.05) is 7.05 Å². The van der Waals surface area contributed by atoms with Gasteiger partial charge in [0.1, 0.15) is 0 Å². The lowest BCUT2D eigenvalue weighted by Crippen LogP contribution is -2.27. The molecular weight excluding hydrogens is 338 g/mol. The number of rotatable bonds is 3. The number of hydrogen-bond donors (Lipinski definition) is 0. The first kappa shape index (κ1) is 13.5. The molecule has 0 aliphatic heterocycles. The van der Waals surface area contributed by atoms with Crippen LogP contribution in [-0.2, 0) is 6.54 Å². The minimum atomic E-state index is -0.179.